The summed E-state index contributed by atoms with van der Waals surface area (Å²) in [4.78, 5) is 0. The first-order valence-corrected chi connectivity index (χ1v) is 5.69. The molecule has 1 rings (SSSR count). The van der Waals surface area contributed by atoms with Crippen molar-refractivity contribution in [3.05, 3.63) is 28.2 Å². The van der Waals surface area contributed by atoms with Crippen molar-refractivity contribution in [2.75, 3.05) is 5.33 Å². The maximum Gasteiger partial charge on any atom is 0.130 e. The van der Waals surface area contributed by atoms with E-state index in [9.17, 15) is 5.11 Å². The van der Waals surface area contributed by atoms with Crippen molar-refractivity contribution in [2.45, 2.75) is 12.8 Å². The smallest absolute Gasteiger partial charge is 0.130 e. The van der Waals surface area contributed by atoms with Gasteiger partial charge in [-0.25, -0.2) is 0 Å². The molecule has 0 aliphatic heterocycles. The van der Waals surface area contributed by atoms with E-state index in [4.69, 9.17) is 0 Å². The Balaban J connectivity index is 2.69. The van der Waals surface area contributed by atoms with Gasteiger partial charge in [0.05, 0.1) is 4.47 Å². The van der Waals surface area contributed by atoms with Crippen LogP contribution in [0.25, 0.3) is 0 Å². The Kier molecular flexibility index (Phi) is 4.09. The normalized spacial score (nSPS) is 10.2. The van der Waals surface area contributed by atoms with Gasteiger partial charge in [0, 0.05) is 5.33 Å². The first kappa shape index (κ1) is 10.1. The summed E-state index contributed by atoms with van der Waals surface area (Å²) in [7, 11) is 0. The van der Waals surface area contributed by atoms with Crippen molar-refractivity contribution >= 4 is 31.9 Å². The Labute approximate surface area is 89.1 Å². The summed E-state index contributed by atoms with van der Waals surface area (Å²) in [6.07, 6.45) is 2.10. The highest BCUT2D eigenvalue weighted by atomic mass is 79.9. The molecule has 1 aromatic rings. The highest BCUT2D eigenvalue weighted by Gasteiger charge is 1.98. The van der Waals surface area contributed by atoms with E-state index in [1.165, 1.54) is 5.56 Å². The van der Waals surface area contributed by atoms with Crippen LogP contribution in [0.15, 0.2) is 22.7 Å². The van der Waals surface area contributed by atoms with Gasteiger partial charge in [-0.3, -0.25) is 0 Å². The molecule has 66 valence electrons. The van der Waals surface area contributed by atoms with Gasteiger partial charge in [0.1, 0.15) is 5.75 Å². The first-order chi connectivity index (χ1) is 5.74. The molecule has 0 saturated carbocycles. The minimum absolute atomic E-state index is 0.321. The van der Waals surface area contributed by atoms with Gasteiger partial charge >= 0.3 is 0 Å². The minimum atomic E-state index is 0.321. The van der Waals surface area contributed by atoms with Crippen molar-refractivity contribution in [1.82, 2.24) is 0 Å². The van der Waals surface area contributed by atoms with E-state index in [1.54, 1.807) is 6.07 Å². The van der Waals surface area contributed by atoms with Crippen LogP contribution in [0.4, 0.5) is 0 Å². The molecular formula is C9H10Br2O. The van der Waals surface area contributed by atoms with Gasteiger partial charge in [0.25, 0.3) is 0 Å². The van der Waals surface area contributed by atoms with Gasteiger partial charge in [-0.15, -0.1) is 0 Å². The van der Waals surface area contributed by atoms with E-state index in [-0.39, 0.29) is 0 Å². The molecule has 0 aliphatic carbocycles. The molecule has 0 saturated heterocycles. The van der Waals surface area contributed by atoms with Crippen molar-refractivity contribution in [1.29, 1.82) is 0 Å². The molecule has 0 bridgehead atoms. The van der Waals surface area contributed by atoms with Crippen LogP contribution in [-0.4, -0.2) is 10.4 Å². The van der Waals surface area contributed by atoms with E-state index in [2.05, 4.69) is 31.9 Å². The highest BCUT2D eigenvalue weighted by molar-refractivity contribution is 9.10. The van der Waals surface area contributed by atoms with Crippen LogP contribution in [0.3, 0.4) is 0 Å². The van der Waals surface area contributed by atoms with Crippen LogP contribution in [0.1, 0.15) is 12.0 Å². The van der Waals surface area contributed by atoms with Crippen LogP contribution in [0.2, 0.25) is 0 Å². The Morgan fingerprint density at radius 3 is 2.67 bits per heavy atom. The third-order valence-corrected chi connectivity index (χ3v) is 2.84. The standard InChI is InChI=1S/C9H10Br2O/c10-5-1-2-7-3-4-8(11)9(12)6-7/h3-4,6,12H,1-2,5H2. The number of rotatable bonds is 3. The fourth-order valence-electron chi connectivity index (χ4n) is 0.985. The zero-order chi connectivity index (χ0) is 8.97. The number of alkyl halides is 1. The number of aromatic hydroxyl groups is 1. The molecule has 0 heterocycles. The lowest BCUT2D eigenvalue weighted by molar-refractivity contribution is 0.471. The van der Waals surface area contributed by atoms with Crippen molar-refractivity contribution in [2.24, 2.45) is 0 Å². The third-order valence-electron chi connectivity index (χ3n) is 1.61. The van der Waals surface area contributed by atoms with E-state index in [0.29, 0.717) is 5.75 Å². The Hall–Kier alpha value is -0.0200. The lowest BCUT2D eigenvalue weighted by Crippen LogP contribution is -1.85. The zero-order valence-corrected chi connectivity index (χ0v) is 9.73. The molecule has 1 nitrogen and oxygen atoms in total. The van der Waals surface area contributed by atoms with Crippen molar-refractivity contribution < 1.29 is 5.11 Å². The second-order valence-electron chi connectivity index (χ2n) is 2.58. The Morgan fingerprint density at radius 1 is 1.33 bits per heavy atom. The number of halogens is 2. The molecule has 0 atom stereocenters. The van der Waals surface area contributed by atoms with Crippen molar-refractivity contribution in [3.63, 3.8) is 0 Å². The van der Waals surface area contributed by atoms with E-state index < -0.39 is 0 Å². The second-order valence-corrected chi connectivity index (χ2v) is 4.23. The monoisotopic (exact) mass is 292 g/mol. The molecule has 0 fully saturated rings. The fraction of sp³-hybridized carbons (Fsp3) is 0.333. The predicted octanol–water partition coefficient (Wildman–Crippen LogP) is 3.48. The summed E-state index contributed by atoms with van der Waals surface area (Å²) in [6.45, 7) is 0. The summed E-state index contributed by atoms with van der Waals surface area (Å²) in [5.74, 6) is 0.321. The zero-order valence-electron chi connectivity index (χ0n) is 6.56. The largest absolute Gasteiger partial charge is 0.507 e. The van der Waals surface area contributed by atoms with Crippen LogP contribution in [-0.2, 0) is 6.42 Å². The molecule has 0 amide bonds. The maximum absolute atomic E-state index is 9.34. The van der Waals surface area contributed by atoms with E-state index in [0.717, 1.165) is 22.6 Å². The lowest BCUT2D eigenvalue weighted by atomic mass is 10.1. The number of phenols is 1. The molecule has 0 aliphatic rings. The van der Waals surface area contributed by atoms with E-state index in [1.807, 2.05) is 12.1 Å². The van der Waals surface area contributed by atoms with Gasteiger partial charge < -0.3 is 5.11 Å². The maximum atomic E-state index is 9.34. The molecule has 0 aromatic heterocycles. The van der Waals surface area contributed by atoms with Gasteiger partial charge in [0.15, 0.2) is 0 Å². The molecule has 1 aromatic carbocycles. The number of hydrogen-bond donors (Lipinski definition) is 1. The van der Waals surface area contributed by atoms with Crippen molar-refractivity contribution in [3.8, 4) is 5.75 Å². The SMILES string of the molecule is Oc1cc(CCCBr)ccc1Br. The number of hydrogen-bond acceptors (Lipinski definition) is 1. The number of aryl methyl sites for hydroxylation is 1. The predicted molar refractivity (Wildman–Crippen MR) is 57.9 cm³/mol. The topological polar surface area (TPSA) is 20.2 Å². The summed E-state index contributed by atoms with van der Waals surface area (Å²) in [5, 5.41) is 10.3. The summed E-state index contributed by atoms with van der Waals surface area (Å²) >= 11 is 6.61. The summed E-state index contributed by atoms with van der Waals surface area (Å²) in [5.41, 5.74) is 1.18. The molecule has 12 heavy (non-hydrogen) atoms. The molecule has 0 radical (unpaired) electrons. The van der Waals surface area contributed by atoms with Gasteiger partial charge in [-0.1, -0.05) is 22.0 Å². The quantitative estimate of drug-likeness (QED) is 0.846. The lowest BCUT2D eigenvalue weighted by Gasteiger charge is -2.01. The number of benzene rings is 1. The van der Waals surface area contributed by atoms with Crippen LogP contribution >= 0.6 is 31.9 Å². The van der Waals surface area contributed by atoms with Gasteiger partial charge in [-0.05, 0) is 46.5 Å². The molecule has 3 heteroatoms. The summed E-state index contributed by atoms with van der Waals surface area (Å²) in [6, 6.07) is 5.69. The van der Waals surface area contributed by atoms with Gasteiger partial charge in [0.2, 0.25) is 0 Å². The summed E-state index contributed by atoms with van der Waals surface area (Å²) < 4.78 is 0.755. The average molecular weight is 294 g/mol. The minimum Gasteiger partial charge on any atom is -0.507 e. The molecule has 0 spiro atoms. The third kappa shape index (κ3) is 2.79. The highest BCUT2D eigenvalue weighted by Crippen LogP contribution is 2.24. The fourth-order valence-corrected chi connectivity index (χ4v) is 1.51. The first-order valence-electron chi connectivity index (χ1n) is 3.77. The van der Waals surface area contributed by atoms with E-state index >= 15 is 0 Å². The second kappa shape index (κ2) is 4.87. The van der Waals surface area contributed by atoms with Gasteiger partial charge in [-0.2, -0.15) is 0 Å². The Morgan fingerprint density at radius 2 is 2.08 bits per heavy atom. The molecular weight excluding hydrogens is 284 g/mol. The average Bonchev–Trinajstić information content (AvgIpc) is 2.07. The number of phenolic OH excluding ortho intramolecular Hbond substituents is 1. The molecule has 1 N–H and O–H groups in total. The van der Waals surface area contributed by atoms with Crippen LogP contribution in [0, 0.1) is 0 Å². The molecule has 0 unspecified atom stereocenters. The Bertz CT molecular complexity index is 261. The van der Waals surface area contributed by atoms with Crippen LogP contribution < -0.4 is 0 Å². The van der Waals surface area contributed by atoms with Crippen LogP contribution in [0.5, 0.6) is 5.75 Å².